The summed E-state index contributed by atoms with van der Waals surface area (Å²) in [4.78, 5) is 2.26. The smallest absolute Gasteiger partial charge is 0.127 e. The van der Waals surface area contributed by atoms with Crippen molar-refractivity contribution in [2.24, 2.45) is 0 Å². The first-order chi connectivity index (χ1) is 9.51. The van der Waals surface area contributed by atoms with E-state index in [1.165, 1.54) is 19.2 Å². The lowest BCUT2D eigenvalue weighted by molar-refractivity contribution is -0.137. The Morgan fingerprint density at radius 3 is 2.55 bits per heavy atom. The highest BCUT2D eigenvalue weighted by molar-refractivity contribution is 5.34. The van der Waals surface area contributed by atoms with Crippen molar-refractivity contribution in [2.75, 3.05) is 27.4 Å². The molecule has 2 aliphatic heterocycles. The van der Waals surface area contributed by atoms with E-state index in [2.05, 4.69) is 11.9 Å². The van der Waals surface area contributed by atoms with Gasteiger partial charge in [0.05, 0.1) is 25.9 Å². The molecule has 2 saturated heterocycles. The lowest BCUT2D eigenvalue weighted by atomic mass is 9.77. The number of benzene rings is 1. The molecule has 2 fully saturated rings. The van der Waals surface area contributed by atoms with Gasteiger partial charge in [-0.1, -0.05) is 0 Å². The molecule has 2 unspecified atom stereocenters. The van der Waals surface area contributed by atoms with E-state index in [-0.39, 0.29) is 17.9 Å². The molecule has 1 aromatic carbocycles. The molecule has 2 bridgehead atoms. The number of hydrogen-bond donors (Lipinski definition) is 1. The van der Waals surface area contributed by atoms with E-state index in [4.69, 9.17) is 9.47 Å². The Bertz CT molecular complexity index is 494. The van der Waals surface area contributed by atoms with E-state index < -0.39 is 5.60 Å². The van der Waals surface area contributed by atoms with Gasteiger partial charge in [0.1, 0.15) is 11.6 Å². The third kappa shape index (κ3) is 2.30. The van der Waals surface area contributed by atoms with Crippen LogP contribution in [0, 0.1) is 5.82 Å². The standard InChI is InChI=1S/C15H20FNO3/c1-17-12-6-15(18,7-13(17)9-20-8-12)10-3-11(16)5-14(4-10)19-2/h3-5,12-13,18H,6-9H2,1-2H3. The van der Waals surface area contributed by atoms with Crippen LogP contribution in [0.2, 0.25) is 0 Å². The van der Waals surface area contributed by atoms with Crippen LogP contribution in [0.25, 0.3) is 0 Å². The second-order valence-electron chi connectivity index (χ2n) is 5.83. The quantitative estimate of drug-likeness (QED) is 0.892. The normalized spacial score (nSPS) is 34.0. The third-order valence-electron chi connectivity index (χ3n) is 4.56. The van der Waals surface area contributed by atoms with Crippen molar-refractivity contribution in [3.63, 3.8) is 0 Å². The summed E-state index contributed by atoms with van der Waals surface area (Å²) in [6, 6.07) is 4.80. The zero-order chi connectivity index (χ0) is 14.3. The summed E-state index contributed by atoms with van der Waals surface area (Å²) in [5.41, 5.74) is -0.416. The van der Waals surface area contributed by atoms with Gasteiger partial charge in [-0.05, 0) is 37.6 Å². The number of methoxy groups -OCH3 is 1. The average molecular weight is 281 g/mol. The zero-order valence-electron chi connectivity index (χ0n) is 11.8. The number of nitrogens with zero attached hydrogens (tertiary/aromatic N) is 1. The van der Waals surface area contributed by atoms with Gasteiger partial charge in [0.15, 0.2) is 0 Å². The molecule has 0 amide bonds. The van der Waals surface area contributed by atoms with Gasteiger partial charge in [0, 0.05) is 18.2 Å². The van der Waals surface area contributed by atoms with Crippen molar-refractivity contribution in [1.29, 1.82) is 0 Å². The largest absolute Gasteiger partial charge is 0.497 e. The molecule has 3 rings (SSSR count). The van der Waals surface area contributed by atoms with E-state index >= 15 is 0 Å². The first-order valence-corrected chi connectivity index (χ1v) is 6.89. The lowest BCUT2D eigenvalue weighted by Crippen LogP contribution is -2.59. The van der Waals surface area contributed by atoms with Gasteiger partial charge in [-0.3, -0.25) is 4.90 Å². The minimum Gasteiger partial charge on any atom is -0.497 e. The Balaban J connectivity index is 1.94. The molecule has 20 heavy (non-hydrogen) atoms. The Morgan fingerprint density at radius 2 is 1.95 bits per heavy atom. The second kappa shape index (κ2) is 4.98. The predicted molar refractivity (Wildman–Crippen MR) is 72.2 cm³/mol. The maximum atomic E-state index is 13.7. The molecule has 0 saturated carbocycles. The van der Waals surface area contributed by atoms with Gasteiger partial charge in [0.25, 0.3) is 0 Å². The highest BCUT2D eigenvalue weighted by Gasteiger charge is 2.45. The molecule has 1 aromatic rings. The van der Waals surface area contributed by atoms with E-state index in [1.54, 1.807) is 6.07 Å². The summed E-state index contributed by atoms with van der Waals surface area (Å²) in [5.74, 6) is 0.0573. The van der Waals surface area contributed by atoms with Gasteiger partial charge in [-0.25, -0.2) is 4.39 Å². The van der Waals surface area contributed by atoms with Crippen molar-refractivity contribution >= 4 is 0 Å². The van der Waals surface area contributed by atoms with E-state index in [1.807, 2.05) is 0 Å². The fourth-order valence-electron chi connectivity index (χ4n) is 3.33. The van der Waals surface area contributed by atoms with E-state index in [9.17, 15) is 9.50 Å². The number of likely N-dealkylation sites (N-methyl/N-ethyl adjacent to an activating group) is 1. The van der Waals surface area contributed by atoms with Crippen molar-refractivity contribution < 1.29 is 19.0 Å². The number of morpholine rings is 1. The number of fused-ring (bicyclic) bond motifs is 2. The molecule has 0 radical (unpaired) electrons. The molecule has 0 aromatic heterocycles. The van der Waals surface area contributed by atoms with Crippen molar-refractivity contribution in [2.45, 2.75) is 30.5 Å². The number of ether oxygens (including phenoxy) is 2. The molecule has 4 nitrogen and oxygen atoms in total. The van der Waals surface area contributed by atoms with Gasteiger partial charge >= 0.3 is 0 Å². The maximum absolute atomic E-state index is 13.7. The number of halogens is 1. The first-order valence-electron chi connectivity index (χ1n) is 6.89. The fourth-order valence-corrected chi connectivity index (χ4v) is 3.33. The first kappa shape index (κ1) is 13.8. The molecule has 2 heterocycles. The molecule has 0 spiro atoms. The average Bonchev–Trinajstić information content (AvgIpc) is 2.40. The fraction of sp³-hybridized carbons (Fsp3) is 0.600. The molecule has 1 N–H and O–H groups in total. The van der Waals surface area contributed by atoms with Crippen molar-refractivity contribution in [3.8, 4) is 5.75 Å². The summed E-state index contributed by atoms with van der Waals surface area (Å²) in [6.07, 6.45) is 1.10. The molecular formula is C15H20FNO3. The van der Waals surface area contributed by atoms with Crippen LogP contribution in [0.1, 0.15) is 18.4 Å². The topological polar surface area (TPSA) is 41.9 Å². The van der Waals surface area contributed by atoms with Crippen LogP contribution in [0.15, 0.2) is 18.2 Å². The molecule has 2 aliphatic rings. The van der Waals surface area contributed by atoms with Crippen LogP contribution in [-0.2, 0) is 10.3 Å². The second-order valence-corrected chi connectivity index (χ2v) is 5.83. The van der Waals surface area contributed by atoms with Crippen LogP contribution in [0.5, 0.6) is 5.75 Å². The Kier molecular flexibility index (Phi) is 3.44. The monoisotopic (exact) mass is 281 g/mol. The predicted octanol–water partition coefficient (Wildman–Crippen LogP) is 1.51. The Labute approximate surface area is 118 Å². The molecular weight excluding hydrogens is 261 g/mol. The molecule has 5 heteroatoms. The van der Waals surface area contributed by atoms with Gasteiger partial charge in [-0.2, -0.15) is 0 Å². The lowest BCUT2D eigenvalue weighted by Gasteiger charge is -2.50. The summed E-state index contributed by atoms with van der Waals surface area (Å²) in [7, 11) is 3.56. The van der Waals surface area contributed by atoms with E-state index in [0.29, 0.717) is 37.4 Å². The summed E-state index contributed by atoms with van der Waals surface area (Å²) < 4.78 is 24.3. The van der Waals surface area contributed by atoms with Gasteiger partial charge in [0.2, 0.25) is 0 Å². The number of aliphatic hydroxyl groups is 1. The number of rotatable bonds is 2. The number of hydrogen-bond acceptors (Lipinski definition) is 4. The minimum atomic E-state index is -1.01. The third-order valence-corrected chi connectivity index (χ3v) is 4.56. The van der Waals surface area contributed by atoms with Crippen molar-refractivity contribution in [1.82, 2.24) is 4.90 Å². The summed E-state index contributed by atoms with van der Waals surface area (Å²) in [5, 5.41) is 11.0. The summed E-state index contributed by atoms with van der Waals surface area (Å²) in [6.45, 7) is 1.23. The van der Waals surface area contributed by atoms with Crippen LogP contribution in [0.3, 0.4) is 0 Å². The van der Waals surface area contributed by atoms with Gasteiger partial charge < -0.3 is 14.6 Å². The zero-order valence-corrected chi connectivity index (χ0v) is 11.8. The van der Waals surface area contributed by atoms with Crippen LogP contribution >= 0.6 is 0 Å². The van der Waals surface area contributed by atoms with Gasteiger partial charge in [-0.15, -0.1) is 0 Å². The molecule has 2 atom stereocenters. The number of piperidine rings is 1. The highest BCUT2D eigenvalue weighted by atomic mass is 19.1. The highest BCUT2D eigenvalue weighted by Crippen LogP contribution is 2.41. The van der Waals surface area contributed by atoms with E-state index in [0.717, 1.165) is 0 Å². The molecule has 110 valence electrons. The minimum absolute atomic E-state index is 0.168. The van der Waals surface area contributed by atoms with Crippen molar-refractivity contribution in [3.05, 3.63) is 29.6 Å². The summed E-state index contributed by atoms with van der Waals surface area (Å²) >= 11 is 0. The Morgan fingerprint density at radius 1 is 1.30 bits per heavy atom. The SMILES string of the molecule is COc1cc(F)cc(C2(O)CC3COCC(C2)N3C)c1. The van der Waals surface area contributed by atoms with Crippen LogP contribution in [0.4, 0.5) is 4.39 Å². The Hall–Kier alpha value is -1.17. The molecule has 0 aliphatic carbocycles. The van der Waals surface area contributed by atoms with Crippen LogP contribution < -0.4 is 4.74 Å². The van der Waals surface area contributed by atoms with Crippen LogP contribution in [-0.4, -0.2) is 49.5 Å². The maximum Gasteiger partial charge on any atom is 0.127 e.